The van der Waals surface area contributed by atoms with Crippen molar-refractivity contribution in [2.24, 2.45) is 5.16 Å². The molecule has 0 bridgehead atoms. The van der Waals surface area contributed by atoms with E-state index in [2.05, 4.69) is 11.1 Å². The fourth-order valence-electron chi connectivity index (χ4n) is 1.04. The zero-order valence-electron chi connectivity index (χ0n) is 9.14. The molecule has 1 rings (SSSR count). The number of hydrogen-bond acceptors (Lipinski definition) is 4. The van der Waals surface area contributed by atoms with Crippen LogP contribution in [-0.4, -0.2) is 18.8 Å². The van der Waals surface area contributed by atoms with E-state index >= 15 is 0 Å². The lowest BCUT2D eigenvalue weighted by Gasteiger charge is -2.05. The minimum atomic E-state index is -0.425. The van der Waals surface area contributed by atoms with Gasteiger partial charge in [-0.1, -0.05) is 22.7 Å². The summed E-state index contributed by atoms with van der Waals surface area (Å²) in [6.45, 7) is 1.38. The van der Waals surface area contributed by atoms with Crippen LogP contribution < -0.4 is 4.74 Å². The zero-order valence-corrected chi connectivity index (χ0v) is 9.90. The highest BCUT2D eigenvalue weighted by Gasteiger charge is 2.05. The van der Waals surface area contributed by atoms with E-state index in [-0.39, 0.29) is 6.61 Å². The topological polar surface area (TPSA) is 47.9 Å². The minimum Gasteiger partial charge on any atom is -0.426 e. The Hall–Kier alpha value is -1.99. The molecular formula is C12H10ClNO3. The van der Waals surface area contributed by atoms with Crippen molar-refractivity contribution in [2.75, 3.05) is 6.61 Å². The van der Waals surface area contributed by atoms with Crippen LogP contribution in [0.2, 0.25) is 5.02 Å². The highest BCUT2D eigenvalue weighted by molar-refractivity contribution is 6.30. The van der Waals surface area contributed by atoms with E-state index < -0.39 is 5.97 Å². The molecule has 0 atom stereocenters. The standard InChI is InChI=1S/C12H10ClNO3/c1-3-6-16-14-8-10-7-11(13)4-5-12(10)17-9(2)15/h1,4-5,7-8H,6H2,2H3/b14-8+. The number of benzene rings is 1. The van der Waals surface area contributed by atoms with Gasteiger partial charge in [0.2, 0.25) is 0 Å². The summed E-state index contributed by atoms with van der Waals surface area (Å²) in [5.74, 6) is 2.20. The highest BCUT2D eigenvalue weighted by atomic mass is 35.5. The molecule has 0 saturated heterocycles. The molecule has 0 radical (unpaired) electrons. The first kappa shape index (κ1) is 13.1. The van der Waals surface area contributed by atoms with Gasteiger partial charge in [0.25, 0.3) is 0 Å². The summed E-state index contributed by atoms with van der Waals surface area (Å²) in [6.07, 6.45) is 6.37. The van der Waals surface area contributed by atoms with Crippen molar-refractivity contribution in [1.82, 2.24) is 0 Å². The fraction of sp³-hybridized carbons (Fsp3) is 0.167. The van der Waals surface area contributed by atoms with Gasteiger partial charge in [0, 0.05) is 17.5 Å². The van der Waals surface area contributed by atoms with Gasteiger partial charge < -0.3 is 9.57 Å². The van der Waals surface area contributed by atoms with Crippen LogP contribution in [0.3, 0.4) is 0 Å². The van der Waals surface area contributed by atoms with Crippen LogP contribution in [0.25, 0.3) is 0 Å². The third-order valence-corrected chi connectivity index (χ3v) is 1.87. The summed E-state index contributed by atoms with van der Waals surface area (Å²) in [4.78, 5) is 15.6. The second kappa shape index (κ2) is 6.56. The first-order valence-electron chi connectivity index (χ1n) is 4.70. The van der Waals surface area contributed by atoms with Crippen molar-refractivity contribution >= 4 is 23.8 Å². The Bertz CT molecular complexity index is 477. The molecule has 0 fully saturated rings. The van der Waals surface area contributed by atoms with E-state index in [1.54, 1.807) is 18.2 Å². The van der Waals surface area contributed by atoms with Gasteiger partial charge >= 0.3 is 5.97 Å². The van der Waals surface area contributed by atoms with Gasteiger partial charge in [-0.15, -0.1) is 6.42 Å². The lowest BCUT2D eigenvalue weighted by atomic mass is 10.2. The smallest absolute Gasteiger partial charge is 0.308 e. The number of esters is 1. The molecular weight excluding hydrogens is 242 g/mol. The number of halogens is 1. The molecule has 0 saturated carbocycles. The zero-order chi connectivity index (χ0) is 12.7. The van der Waals surface area contributed by atoms with Crippen LogP contribution >= 0.6 is 11.6 Å². The van der Waals surface area contributed by atoms with Gasteiger partial charge in [-0.05, 0) is 18.2 Å². The molecule has 0 amide bonds. The van der Waals surface area contributed by atoms with Gasteiger partial charge in [-0.3, -0.25) is 4.79 Å². The van der Waals surface area contributed by atoms with Crippen molar-refractivity contribution in [1.29, 1.82) is 0 Å². The maximum atomic E-state index is 10.9. The van der Waals surface area contributed by atoms with Crippen molar-refractivity contribution in [3.05, 3.63) is 28.8 Å². The normalized spacial score (nSPS) is 9.94. The summed E-state index contributed by atoms with van der Waals surface area (Å²) >= 11 is 5.82. The van der Waals surface area contributed by atoms with E-state index in [0.29, 0.717) is 16.3 Å². The third kappa shape index (κ3) is 4.58. The quantitative estimate of drug-likeness (QED) is 0.206. The fourth-order valence-corrected chi connectivity index (χ4v) is 1.22. The van der Waals surface area contributed by atoms with E-state index in [4.69, 9.17) is 27.6 Å². The average molecular weight is 252 g/mol. The molecule has 0 N–H and O–H groups in total. The summed E-state index contributed by atoms with van der Waals surface area (Å²) in [7, 11) is 0. The van der Waals surface area contributed by atoms with Gasteiger partial charge in [-0.25, -0.2) is 0 Å². The Balaban J connectivity index is 2.87. The van der Waals surface area contributed by atoms with Crippen LogP contribution in [0.4, 0.5) is 0 Å². The number of oxime groups is 1. The third-order valence-electron chi connectivity index (χ3n) is 1.64. The summed E-state index contributed by atoms with van der Waals surface area (Å²) in [5, 5.41) is 4.12. The lowest BCUT2D eigenvalue weighted by Crippen LogP contribution is -2.03. The number of rotatable bonds is 4. The summed E-state index contributed by atoms with van der Waals surface area (Å²) in [6, 6.07) is 4.79. The van der Waals surface area contributed by atoms with Gasteiger partial charge in [0.1, 0.15) is 5.75 Å². The van der Waals surface area contributed by atoms with Crippen molar-refractivity contribution in [2.45, 2.75) is 6.92 Å². The molecule has 0 aliphatic rings. The molecule has 5 heteroatoms. The molecule has 1 aromatic carbocycles. The number of hydrogen-bond donors (Lipinski definition) is 0. The minimum absolute atomic E-state index is 0.0694. The molecule has 0 spiro atoms. The largest absolute Gasteiger partial charge is 0.426 e. The molecule has 0 aromatic heterocycles. The van der Waals surface area contributed by atoms with Crippen LogP contribution in [0.15, 0.2) is 23.4 Å². The maximum absolute atomic E-state index is 10.9. The first-order chi connectivity index (χ1) is 8.13. The SMILES string of the molecule is C#CCO/N=C/c1cc(Cl)ccc1OC(C)=O. The molecule has 17 heavy (non-hydrogen) atoms. The Morgan fingerprint density at radius 2 is 2.41 bits per heavy atom. The number of ether oxygens (including phenoxy) is 1. The molecule has 0 aliphatic carbocycles. The van der Waals surface area contributed by atoms with E-state index in [1.807, 2.05) is 0 Å². The second-order valence-electron chi connectivity index (χ2n) is 2.99. The Labute approximate surface area is 104 Å². The molecule has 0 heterocycles. The second-order valence-corrected chi connectivity index (χ2v) is 3.42. The highest BCUT2D eigenvalue weighted by Crippen LogP contribution is 2.21. The Morgan fingerprint density at radius 3 is 3.06 bits per heavy atom. The summed E-state index contributed by atoms with van der Waals surface area (Å²) in [5.41, 5.74) is 0.532. The number of carbonyl (C=O) groups excluding carboxylic acids is 1. The monoisotopic (exact) mass is 251 g/mol. The van der Waals surface area contributed by atoms with Crippen LogP contribution in [0.5, 0.6) is 5.75 Å². The molecule has 1 aromatic rings. The maximum Gasteiger partial charge on any atom is 0.308 e. The molecule has 4 nitrogen and oxygen atoms in total. The summed E-state index contributed by atoms with van der Waals surface area (Å²) < 4.78 is 4.97. The van der Waals surface area contributed by atoms with E-state index in [9.17, 15) is 4.79 Å². The van der Waals surface area contributed by atoms with E-state index in [0.717, 1.165) is 0 Å². The number of carbonyl (C=O) groups is 1. The van der Waals surface area contributed by atoms with Gasteiger partial charge in [0.15, 0.2) is 6.61 Å². The predicted molar refractivity (Wildman–Crippen MR) is 65.1 cm³/mol. The predicted octanol–water partition coefficient (Wildman–Crippen LogP) is 2.25. The number of terminal acetylenes is 1. The van der Waals surface area contributed by atoms with E-state index in [1.165, 1.54) is 13.1 Å². The molecule has 88 valence electrons. The number of nitrogens with zero attached hydrogens (tertiary/aromatic N) is 1. The Kier molecular flexibility index (Phi) is 5.05. The average Bonchev–Trinajstić information content (AvgIpc) is 2.27. The van der Waals surface area contributed by atoms with Crippen LogP contribution in [0.1, 0.15) is 12.5 Å². The van der Waals surface area contributed by atoms with Crippen molar-refractivity contribution < 1.29 is 14.4 Å². The van der Waals surface area contributed by atoms with Crippen LogP contribution in [-0.2, 0) is 9.63 Å². The van der Waals surface area contributed by atoms with Gasteiger partial charge in [0.05, 0.1) is 6.21 Å². The molecule has 0 aliphatic heterocycles. The van der Waals surface area contributed by atoms with Gasteiger partial charge in [-0.2, -0.15) is 0 Å². The Morgan fingerprint density at radius 1 is 1.65 bits per heavy atom. The first-order valence-corrected chi connectivity index (χ1v) is 5.08. The van der Waals surface area contributed by atoms with Crippen LogP contribution in [0, 0.1) is 12.3 Å². The van der Waals surface area contributed by atoms with Crippen molar-refractivity contribution in [3.63, 3.8) is 0 Å². The van der Waals surface area contributed by atoms with Crippen molar-refractivity contribution in [3.8, 4) is 18.1 Å². The lowest BCUT2D eigenvalue weighted by molar-refractivity contribution is -0.131. The molecule has 0 unspecified atom stereocenters.